The van der Waals surface area contributed by atoms with Gasteiger partial charge in [-0.2, -0.15) is 0 Å². The van der Waals surface area contributed by atoms with Crippen LogP contribution in [0.1, 0.15) is 13.8 Å². The number of nitrogens with one attached hydrogen (secondary N) is 2. The van der Waals surface area contributed by atoms with Crippen molar-refractivity contribution in [2.24, 2.45) is 11.7 Å². The summed E-state index contributed by atoms with van der Waals surface area (Å²) in [6.45, 7) is 3.61. The van der Waals surface area contributed by atoms with Crippen LogP contribution in [0, 0.1) is 11.3 Å². The molecule has 0 bridgehead atoms. The monoisotopic (exact) mass is 255 g/mol. The Balaban J connectivity index is 2.97. The summed E-state index contributed by atoms with van der Waals surface area (Å²) in [7, 11) is -3.62. The first-order valence-electron chi connectivity index (χ1n) is 5.26. The van der Waals surface area contributed by atoms with Crippen molar-refractivity contribution in [2.45, 2.75) is 24.8 Å². The van der Waals surface area contributed by atoms with Crippen LogP contribution >= 0.6 is 0 Å². The molecule has 0 aromatic heterocycles. The van der Waals surface area contributed by atoms with Crippen molar-refractivity contribution < 1.29 is 8.42 Å². The van der Waals surface area contributed by atoms with E-state index in [4.69, 9.17) is 11.1 Å². The van der Waals surface area contributed by atoms with E-state index in [0.717, 1.165) is 0 Å². The van der Waals surface area contributed by atoms with Gasteiger partial charge >= 0.3 is 0 Å². The molecular formula is C11H17N3O2S. The van der Waals surface area contributed by atoms with Gasteiger partial charge in [0.1, 0.15) is 5.84 Å². The molecule has 0 aliphatic heterocycles. The van der Waals surface area contributed by atoms with E-state index in [-0.39, 0.29) is 16.6 Å². The molecule has 0 saturated heterocycles. The van der Waals surface area contributed by atoms with Gasteiger partial charge in [-0.15, -0.1) is 0 Å². The first kappa shape index (κ1) is 13.7. The van der Waals surface area contributed by atoms with Crippen molar-refractivity contribution in [3.8, 4) is 0 Å². The molecule has 0 saturated carbocycles. The second-order valence-electron chi connectivity index (χ2n) is 4.11. The zero-order valence-corrected chi connectivity index (χ0v) is 10.7. The van der Waals surface area contributed by atoms with E-state index in [9.17, 15) is 8.42 Å². The summed E-state index contributed by atoms with van der Waals surface area (Å²) in [5.41, 5.74) is 5.38. The van der Waals surface area contributed by atoms with E-state index in [2.05, 4.69) is 4.72 Å². The van der Waals surface area contributed by atoms with E-state index in [1.54, 1.807) is 32.0 Å². The Morgan fingerprint density at radius 1 is 1.29 bits per heavy atom. The first-order chi connectivity index (χ1) is 7.84. The molecule has 4 N–H and O–H groups in total. The number of hydrogen-bond donors (Lipinski definition) is 3. The molecule has 1 unspecified atom stereocenters. The van der Waals surface area contributed by atoms with E-state index in [1.165, 1.54) is 12.1 Å². The predicted molar refractivity (Wildman–Crippen MR) is 67.3 cm³/mol. The molecule has 6 heteroatoms. The number of sulfonamides is 1. The second kappa shape index (κ2) is 5.29. The maximum Gasteiger partial charge on any atom is 0.241 e. The molecule has 17 heavy (non-hydrogen) atoms. The lowest BCUT2D eigenvalue weighted by atomic mass is 10.1. The first-order valence-corrected chi connectivity index (χ1v) is 6.74. The smallest absolute Gasteiger partial charge is 0.241 e. The van der Waals surface area contributed by atoms with Gasteiger partial charge < -0.3 is 5.73 Å². The lowest BCUT2D eigenvalue weighted by Crippen LogP contribution is -2.47. The van der Waals surface area contributed by atoms with Gasteiger partial charge in [0, 0.05) is 0 Å². The molecule has 0 amide bonds. The molecule has 0 fully saturated rings. The lowest BCUT2D eigenvalue weighted by Gasteiger charge is -2.20. The summed E-state index contributed by atoms with van der Waals surface area (Å²) in [5.74, 6) is -0.259. The van der Waals surface area contributed by atoms with Crippen LogP contribution in [0.4, 0.5) is 0 Å². The van der Waals surface area contributed by atoms with Gasteiger partial charge in [0.2, 0.25) is 10.0 Å². The lowest BCUT2D eigenvalue weighted by molar-refractivity contribution is 0.522. The Morgan fingerprint density at radius 3 is 2.24 bits per heavy atom. The number of amidine groups is 1. The average molecular weight is 255 g/mol. The number of benzene rings is 1. The maximum atomic E-state index is 12.0. The zero-order chi connectivity index (χ0) is 13.1. The molecule has 5 nitrogen and oxygen atoms in total. The summed E-state index contributed by atoms with van der Waals surface area (Å²) >= 11 is 0. The Morgan fingerprint density at radius 2 is 1.82 bits per heavy atom. The predicted octanol–water partition coefficient (Wildman–Crippen LogP) is 0.925. The van der Waals surface area contributed by atoms with Crippen molar-refractivity contribution in [1.82, 2.24) is 4.72 Å². The van der Waals surface area contributed by atoms with Crippen molar-refractivity contribution in [1.29, 1.82) is 5.41 Å². The van der Waals surface area contributed by atoms with Crippen LogP contribution in [0.2, 0.25) is 0 Å². The Labute approximate surface area is 102 Å². The molecule has 0 heterocycles. The number of rotatable bonds is 5. The van der Waals surface area contributed by atoms with Gasteiger partial charge in [-0.25, -0.2) is 13.1 Å². The summed E-state index contributed by atoms with van der Waals surface area (Å²) in [4.78, 5) is 0.173. The Hall–Kier alpha value is -1.40. The molecular weight excluding hydrogens is 238 g/mol. The topological polar surface area (TPSA) is 96.0 Å². The van der Waals surface area contributed by atoms with Gasteiger partial charge in [0.25, 0.3) is 0 Å². The molecule has 94 valence electrons. The second-order valence-corrected chi connectivity index (χ2v) is 5.83. The van der Waals surface area contributed by atoms with E-state index >= 15 is 0 Å². The van der Waals surface area contributed by atoms with Crippen LogP contribution in [-0.4, -0.2) is 20.3 Å². The van der Waals surface area contributed by atoms with E-state index in [1.807, 2.05) is 0 Å². The fraction of sp³-hybridized carbons (Fsp3) is 0.364. The number of nitrogens with two attached hydrogens (primary N) is 1. The van der Waals surface area contributed by atoms with Crippen molar-refractivity contribution >= 4 is 15.9 Å². The highest BCUT2D eigenvalue weighted by Crippen LogP contribution is 2.10. The Bertz CT molecular complexity index is 483. The zero-order valence-electron chi connectivity index (χ0n) is 9.84. The average Bonchev–Trinajstić information content (AvgIpc) is 2.26. The van der Waals surface area contributed by atoms with Gasteiger partial charge in [0.15, 0.2) is 0 Å². The minimum absolute atomic E-state index is 0.0778. The third-order valence-corrected chi connectivity index (χ3v) is 3.79. The normalized spacial score (nSPS) is 13.6. The molecule has 0 spiro atoms. The molecule has 0 radical (unpaired) electrons. The highest BCUT2D eigenvalue weighted by molar-refractivity contribution is 7.89. The minimum Gasteiger partial charge on any atom is -0.386 e. The molecule has 1 aromatic rings. The fourth-order valence-corrected chi connectivity index (χ4v) is 2.78. The molecule has 1 rings (SSSR count). The largest absolute Gasteiger partial charge is 0.386 e. The maximum absolute atomic E-state index is 12.0. The van der Waals surface area contributed by atoms with Gasteiger partial charge in [-0.1, -0.05) is 32.0 Å². The summed E-state index contributed by atoms with van der Waals surface area (Å²) < 4.78 is 26.4. The van der Waals surface area contributed by atoms with Crippen LogP contribution in [0.5, 0.6) is 0 Å². The van der Waals surface area contributed by atoms with Crippen molar-refractivity contribution in [3.05, 3.63) is 30.3 Å². The van der Waals surface area contributed by atoms with E-state index in [0.29, 0.717) is 0 Å². The van der Waals surface area contributed by atoms with Crippen molar-refractivity contribution in [3.63, 3.8) is 0 Å². The SMILES string of the molecule is CC(C)C(NS(=O)(=O)c1ccccc1)C(=N)N. The summed E-state index contributed by atoms with van der Waals surface area (Å²) in [6.07, 6.45) is 0. The molecule has 0 aliphatic carbocycles. The highest BCUT2D eigenvalue weighted by atomic mass is 32.2. The third kappa shape index (κ3) is 3.54. The third-order valence-electron chi connectivity index (χ3n) is 2.34. The van der Waals surface area contributed by atoms with Crippen LogP contribution in [0.3, 0.4) is 0 Å². The minimum atomic E-state index is -3.62. The van der Waals surface area contributed by atoms with Crippen LogP contribution < -0.4 is 10.5 Å². The molecule has 1 aromatic carbocycles. The standard InChI is InChI=1S/C11H17N3O2S/c1-8(2)10(11(12)13)14-17(15,16)9-6-4-3-5-7-9/h3-8,10,14H,1-2H3,(H3,12,13). The summed E-state index contributed by atoms with van der Waals surface area (Å²) in [5, 5.41) is 7.38. The van der Waals surface area contributed by atoms with Crippen molar-refractivity contribution in [2.75, 3.05) is 0 Å². The van der Waals surface area contributed by atoms with E-state index < -0.39 is 16.1 Å². The van der Waals surface area contributed by atoms with Gasteiger partial charge in [0.05, 0.1) is 10.9 Å². The van der Waals surface area contributed by atoms with Gasteiger partial charge in [-0.05, 0) is 18.1 Å². The van der Waals surface area contributed by atoms with Gasteiger partial charge in [-0.3, -0.25) is 5.41 Å². The summed E-state index contributed by atoms with van der Waals surface area (Å²) in [6, 6.07) is 7.35. The molecule has 1 atom stereocenters. The van der Waals surface area contributed by atoms with Crippen LogP contribution in [0.25, 0.3) is 0 Å². The number of hydrogen-bond acceptors (Lipinski definition) is 3. The quantitative estimate of drug-likeness (QED) is 0.539. The van der Waals surface area contributed by atoms with Crippen LogP contribution in [-0.2, 0) is 10.0 Å². The van der Waals surface area contributed by atoms with Crippen LogP contribution in [0.15, 0.2) is 35.2 Å². The molecule has 0 aliphatic rings. The fourth-order valence-electron chi connectivity index (χ4n) is 1.39. The highest BCUT2D eigenvalue weighted by Gasteiger charge is 2.24. The Kier molecular flexibility index (Phi) is 4.25.